The summed E-state index contributed by atoms with van der Waals surface area (Å²) in [5, 5.41) is 8.89. The van der Waals surface area contributed by atoms with E-state index in [1.807, 2.05) is 0 Å². The van der Waals surface area contributed by atoms with Crippen LogP contribution in [0.5, 0.6) is 0 Å². The molecule has 0 fully saturated rings. The van der Waals surface area contributed by atoms with Gasteiger partial charge in [0.25, 0.3) is 0 Å². The van der Waals surface area contributed by atoms with Crippen molar-refractivity contribution in [2.75, 3.05) is 19.1 Å². The van der Waals surface area contributed by atoms with Crippen LogP contribution in [-0.2, 0) is 18.3 Å². The minimum absolute atomic E-state index is 0.139. The van der Waals surface area contributed by atoms with Crippen LogP contribution < -0.4 is 0 Å². The van der Waals surface area contributed by atoms with E-state index < -0.39 is 7.82 Å². The highest BCUT2D eigenvalue weighted by Gasteiger charge is 2.28. The number of hydrogen-bond acceptors (Lipinski definition) is 5. The van der Waals surface area contributed by atoms with Gasteiger partial charge in [-0.25, -0.2) is 9.82 Å². The summed E-state index contributed by atoms with van der Waals surface area (Å²) in [6, 6.07) is 0. The smallest absolute Gasteiger partial charge is 0.285 e. The van der Waals surface area contributed by atoms with Gasteiger partial charge < -0.3 is 0 Å². The second-order valence-electron chi connectivity index (χ2n) is 6.97. The molecule has 0 radical (unpaired) electrons. The van der Waals surface area contributed by atoms with E-state index in [1.54, 1.807) is 0 Å². The van der Waals surface area contributed by atoms with Crippen molar-refractivity contribution in [3.8, 4) is 0 Å². The number of hydrogen-bond donors (Lipinski definition) is 1. The van der Waals surface area contributed by atoms with E-state index in [0.29, 0.717) is 24.8 Å². The van der Waals surface area contributed by atoms with Crippen molar-refractivity contribution in [3.63, 3.8) is 0 Å². The minimum atomic E-state index is -3.89. The van der Waals surface area contributed by atoms with Gasteiger partial charge in [0.1, 0.15) is 0 Å². The molecule has 0 saturated carbocycles. The molecule has 5 nitrogen and oxygen atoms in total. The van der Waals surface area contributed by atoms with Crippen LogP contribution >= 0.6 is 19.4 Å². The Morgan fingerprint density at radius 2 is 1.38 bits per heavy atom. The third-order valence-electron chi connectivity index (χ3n) is 4.53. The van der Waals surface area contributed by atoms with E-state index in [2.05, 4.69) is 18.5 Å². The monoisotopic (exact) mass is 414 g/mol. The Bertz CT molecular complexity index is 344. The Hall–Kier alpha value is 0.360. The molecule has 0 heterocycles. The first-order valence-electron chi connectivity index (χ1n) is 10.4. The van der Waals surface area contributed by atoms with Crippen LogP contribution in [0.15, 0.2) is 0 Å². The number of unbranched alkanes of at least 4 members (excludes halogenated alkanes) is 8. The third-order valence-corrected chi connectivity index (χ3v) is 5.96. The Morgan fingerprint density at radius 3 is 1.92 bits per heavy atom. The van der Waals surface area contributed by atoms with E-state index in [9.17, 15) is 4.57 Å². The lowest BCUT2D eigenvalue weighted by molar-refractivity contribution is -0.167. The predicted molar refractivity (Wildman–Crippen MR) is 109 cm³/mol. The van der Waals surface area contributed by atoms with Crippen LogP contribution in [0.2, 0.25) is 0 Å². The van der Waals surface area contributed by atoms with Gasteiger partial charge in [0.15, 0.2) is 0 Å². The van der Waals surface area contributed by atoms with E-state index in [1.165, 1.54) is 51.4 Å². The standard InChI is InChI=1S/C19H40ClO5P/c1-3-5-7-9-10-12-15-19(14-11-8-6-4-2)18-24-26(22,25-21)23-17-13-16-20/h19,21H,3-18H2,1-2H3. The van der Waals surface area contributed by atoms with Crippen molar-refractivity contribution in [1.82, 2.24) is 0 Å². The lowest BCUT2D eigenvalue weighted by Gasteiger charge is -2.20. The van der Waals surface area contributed by atoms with Crippen LogP contribution in [0.25, 0.3) is 0 Å². The fourth-order valence-corrected chi connectivity index (χ4v) is 3.92. The Labute approximate surface area is 165 Å². The van der Waals surface area contributed by atoms with Gasteiger partial charge in [-0.05, 0) is 25.2 Å². The van der Waals surface area contributed by atoms with Gasteiger partial charge in [-0.1, -0.05) is 78.1 Å². The largest absolute Gasteiger partial charge is 0.501 e. The molecule has 0 aromatic carbocycles. The molecule has 0 spiro atoms. The van der Waals surface area contributed by atoms with Gasteiger partial charge >= 0.3 is 7.82 Å². The summed E-state index contributed by atoms with van der Waals surface area (Å²) in [5.41, 5.74) is 0. The molecule has 0 bridgehead atoms. The minimum Gasteiger partial charge on any atom is -0.285 e. The van der Waals surface area contributed by atoms with Crippen molar-refractivity contribution in [2.24, 2.45) is 5.92 Å². The molecule has 7 heteroatoms. The van der Waals surface area contributed by atoms with Crippen LogP contribution in [0.3, 0.4) is 0 Å². The molecular formula is C19H40ClO5P. The van der Waals surface area contributed by atoms with Crippen molar-refractivity contribution in [3.05, 3.63) is 0 Å². The second kappa shape index (κ2) is 18.7. The van der Waals surface area contributed by atoms with Gasteiger partial charge in [0.2, 0.25) is 0 Å². The number of rotatable bonds is 20. The van der Waals surface area contributed by atoms with E-state index in [4.69, 9.17) is 25.9 Å². The van der Waals surface area contributed by atoms with E-state index >= 15 is 0 Å². The molecule has 0 aliphatic carbocycles. The molecule has 0 amide bonds. The summed E-state index contributed by atoms with van der Waals surface area (Å²) in [7, 11) is -3.89. The van der Waals surface area contributed by atoms with Crippen LogP contribution in [0.1, 0.15) is 97.3 Å². The molecule has 0 rings (SSSR count). The van der Waals surface area contributed by atoms with Crippen molar-refractivity contribution < 1.29 is 23.5 Å². The highest BCUT2D eigenvalue weighted by molar-refractivity contribution is 7.48. The van der Waals surface area contributed by atoms with E-state index in [0.717, 1.165) is 25.7 Å². The maximum atomic E-state index is 12.2. The van der Waals surface area contributed by atoms with Crippen LogP contribution in [0.4, 0.5) is 0 Å². The van der Waals surface area contributed by atoms with Gasteiger partial charge in [-0.3, -0.25) is 9.05 Å². The SMILES string of the molecule is CCCCCCCCC(CCCCCC)COP(=O)(OO)OCCCCl. The average molecular weight is 415 g/mol. The zero-order valence-corrected chi connectivity index (χ0v) is 18.4. The molecule has 26 heavy (non-hydrogen) atoms. The first-order valence-corrected chi connectivity index (χ1v) is 12.4. The van der Waals surface area contributed by atoms with Gasteiger partial charge in [-0.15, -0.1) is 16.3 Å². The fraction of sp³-hybridized carbons (Fsp3) is 1.00. The molecule has 0 aromatic rings. The lowest BCUT2D eigenvalue weighted by Crippen LogP contribution is -2.11. The molecule has 0 aromatic heterocycles. The molecule has 0 aliphatic heterocycles. The molecule has 2 unspecified atom stereocenters. The van der Waals surface area contributed by atoms with Crippen molar-refractivity contribution >= 4 is 19.4 Å². The van der Waals surface area contributed by atoms with Gasteiger partial charge in [0, 0.05) is 5.88 Å². The zero-order valence-electron chi connectivity index (χ0n) is 16.8. The van der Waals surface area contributed by atoms with Crippen molar-refractivity contribution in [1.29, 1.82) is 0 Å². The number of phosphoric acid groups is 1. The maximum absolute atomic E-state index is 12.2. The fourth-order valence-electron chi connectivity index (χ4n) is 2.90. The topological polar surface area (TPSA) is 65.0 Å². The summed E-state index contributed by atoms with van der Waals surface area (Å²) >= 11 is 5.57. The maximum Gasteiger partial charge on any atom is 0.501 e. The number of phosphoric ester groups is 1. The second-order valence-corrected chi connectivity index (χ2v) is 8.92. The van der Waals surface area contributed by atoms with E-state index in [-0.39, 0.29) is 6.61 Å². The highest BCUT2D eigenvalue weighted by atomic mass is 35.5. The summed E-state index contributed by atoms with van der Waals surface area (Å²) < 4.78 is 26.7. The number of halogens is 1. The molecule has 0 saturated heterocycles. The van der Waals surface area contributed by atoms with Crippen molar-refractivity contribution in [2.45, 2.75) is 97.3 Å². The molecular weight excluding hydrogens is 375 g/mol. The summed E-state index contributed by atoms with van der Waals surface area (Å²) in [6.07, 6.45) is 14.9. The first-order chi connectivity index (χ1) is 12.6. The summed E-state index contributed by atoms with van der Waals surface area (Å²) in [4.78, 5) is 0. The molecule has 158 valence electrons. The number of alkyl halides is 1. The summed E-state index contributed by atoms with van der Waals surface area (Å²) in [5.74, 6) is 0.710. The van der Waals surface area contributed by atoms with Gasteiger partial charge in [0.05, 0.1) is 13.2 Å². The quantitative estimate of drug-likeness (QED) is 0.0730. The highest BCUT2D eigenvalue weighted by Crippen LogP contribution is 2.49. The Balaban J connectivity index is 4.27. The lowest BCUT2D eigenvalue weighted by atomic mass is 9.95. The average Bonchev–Trinajstić information content (AvgIpc) is 2.65. The Kier molecular flexibility index (Phi) is 19.0. The van der Waals surface area contributed by atoms with Crippen LogP contribution in [0, 0.1) is 5.92 Å². The zero-order chi connectivity index (χ0) is 19.5. The molecule has 2 atom stereocenters. The summed E-state index contributed by atoms with van der Waals surface area (Å²) in [6.45, 7) is 4.85. The Morgan fingerprint density at radius 1 is 0.846 bits per heavy atom. The molecule has 0 aliphatic rings. The van der Waals surface area contributed by atoms with Crippen LogP contribution in [-0.4, -0.2) is 24.4 Å². The third kappa shape index (κ3) is 15.4. The normalized spacial score (nSPS) is 15.1. The predicted octanol–water partition coefficient (Wildman–Crippen LogP) is 7.58. The van der Waals surface area contributed by atoms with Gasteiger partial charge in [-0.2, -0.15) is 0 Å². The first kappa shape index (κ1) is 26.4. The molecule has 1 N–H and O–H groups in total.